The largest absolute Gasteiger partial charge is 0.458 e. The van der Waals surface area contributed by atoms with Gasteiger partial charge in [0.05, 0.1) is 18.3 Å². The van der Waals surface area contributed by atoms with Crippen LogP contribution in [-0.2, 0) is 41.8 Å². The Morgan fingerprint density at radius 1 is 0.676 bits per heavy atom. The molecule has 7 aliphatic rings. The molecule has 18 atom stereocenters. The molecule has 0 aromatic rings. The lowest BCUT2D eigenvalue weighted by molar-refractivity contribution is -0.141. The molecule has 5 aliphatic carbocycles. The highest BCUT2D eigenvalue weighted by molar-refractivity contribution is 9.11. The lowest BCUT2D eigenvalue weighted by Crippen LogP contribution is -2.53. The minimum atomic E-state index is -2.10. The van der Waals surface area contributed by atoms with Crippen LogP contribution >= 0.6 is 15.9 Å². The number of halogens is 2. The van der Waals surface area contributed by atoms with E-state index in [4.69, 9.17) is 43.8 Å². The molecule has 0 bridgehead atoms. The van der Waals surface area contributed by atoms with Crippen molar-refractivity contribution in [3.05, 3.63) is 83.0 Å². The molecule has 0 spiro atoms. The Bertz CT molecular complexity index is 2910. The van der Waals surface area contributed by atoms with Crippen LogP contribution in [-0.4, -0.2) is 127 Å². The highest BCUT2D eigenvalue weighted by Gasteiger charge is 2.54. The van der Waals surface area contributed by atoms with Crippen molar-refractivity contribution in [2.24, 2.45) is 58.2 Å². The fraction of sp³-hybridized carbons (Fsp3) is 0.795. The molecule has 2 aliphatic heterocycles. The third-order valence-corrected chi connectivity index (χ3v) is 41.1. The minimum absolute atomic E-state index is 0. The van der Waals surface area contributed by atoms with E-state index in [-0.39, 0.29) is 86.1 Å². The smallest absolute Gasteiger partial charge is 0.334 e. The van der Waals surface area contributed by atoms with Crippen molar-refractivity contribution in [3.8, 4) is 12.3 Å². The lowest BCUT2D eigenvalue weighted by Gasteiger charge is -2.45. The van der Waals surface area contributed by atoms with Crippen LogP contribution in [0.1, 0.15) is 259 Å². The number of fused-ring (bicyclic) bond motifs is 2. The standard InChI is InChI=1S/C34H52O6.C29H60O4Si3.C23H35BrO2.C2H6.FH/c1-6-7-11-26-23(4)33(38)40-30(26)19-21(2)27-14-15-28-24(10-8-16-34(27,28)5)12-13-25-20-29(36)32(31(37)22(25)3)39-18-9-17-35;1-18-21-25(33-36(16,17)29(9,10)11)26(24(19-2)32-35(14,15)28(6,7)8)30-22-20-23-31-34(12,13)27(3,4)5;1-5-6-9-18-16(3)22(25)26-21(18)13-15(2)19-10-11-20-17(14-24)8-7-12-23(19,20)4;1-2;/h12-13,21,26-32,35-37H,3-4,6-11,14-20H2,1-2,5H3;1,19,24-26H,2,20-23H2,3-17H3;14-15,18-21H,3,5-13H2,1-2,4H3;1-2H3;1H/b24-12+,25-13-;;17-14+;;/t21-,26-,27-,28+,29-,30+,31-,32+,34-;24-,25-,26-;15-,18-,19-,20+,21+,23-;;/m111../s1. The van der Waals surface area contributed by atoms with Crippen LogP contribution < -0.4 is 0 Å². The Morgan fingerprint density at radius 2 is 1.14 bits per heavy atom. The van der Waals surface area contributed by atoms with Crippen LogP contribution in [0.5, 0.6) is 0 Å². The Balaban J connectivity index is 0.000000410. The van der Waals surface area contributed by atoms with Gasteiger partial charge in [0.25, 0.3) is 0 Å². The second kappa shape index (κ2) is 42.3. The number of aliphatic hydroxyl groups excluding tert-OH is 3. The molecule has 12 nitrogen and oxygen atoms in total. The van der Waals surface area contributed by atoms with Gasteiger partial charge in [-0.2, -0.15) is 0 Å². The molecule has 0 aromatic carbocycles. The molecule has 7 fully saturated rings. The molecule has 17 heteroatoms. The van der Waals surface area contributed by atoms with E-state index in [1.165, 1.54) is 56.9 Å². The first-order chi connectivity index (χ1) is 48.5. The molecule has 5 saturated carbocycles. The van der Waals surface area contributed by atoms with Gasteiger partial charge in [-0.3, -0.25) is 4.70 Å². The quantitative estimate of drug-likeness (QED) is 0.0151. The summed E-state index contributed by atoms with van der Waals surface area (Å²) in [4.78, 5) is 26.6. The van der Waals surface area contributed by atoms with E-state index in [1.807, 2.05) is 19.9 Å². The van der Waals surface area contributed by atoms with E-state index in [0.29, 0.717) is 84.9 Å². The van der Waals surface area contributed by atoms with Crippen molar-refractivity contribution >= 4 is 52.8 Å². The van der Waals surface area contributed by atoms with Crippen molar-refractivity contribution < 1.29 is 61.8 Å². The molecular formula is C88H154BrFO12Si3. The number of cyclic esters (lactones) is 2. The molecule has 105 heavy (non-hydrogen) atoms. The third kappa shape index (κ3) is 25.0. The maximum atomic E-state index is 12.3. The molecule has 0 unspecified atom stereocenters. The first-order valence-electron chi connectivity index (χ1n) is 40.9. The first kappa shape index (κ1) is 96.6. The number of carbonyl (C=O) groups excluding carboxylic acids is 2. The summed E-state index contributed by atoms with van der Waals surface area (Å²) in [5.41, 5.74) is 6.59. The van der Waals surface area contributed by atoms with Gasteiger partial charge < -0.3 is 47.5 Å². The summed E-state index contributed by atoms with van der Waals surface area (Å²) in [6.07, 6.45) is 31.6. The number of allylic oxidation sites excluding steroid dienone is 4. The second-order valence-electron chi connectivity index (χ2n) is 37.0. The number of ether oxygens (including phenoxy) is 4. The molecule has 7 rings (SSSR count). The third-order valence-electron chi connectivity index (χ3n) is 27.0. The number of hydrogen-bond donors (Lipinski definition) is 3. The van der Waals surface area contributed by atoms with Crippen LogP contribution in [0, 0.1) is 70.5 Å². The zero-order valence-electron chi connectivity index (χ0n) is 70.6. The highest BCUT2D eigenvalue weighted by atomic mass is 79.9. The molecule has 2 heterocycles. The summed E-state index contributed by atoms with van der Waals surface area (Å²) in [7, 11) is -5.97. The van der Waals surface area contributed by atoms with Gasteiger partial charge in [-0.25, -0.2) is 9.59 Å². The lowest BCUT2D eigenvalue weighted by atomic mass is 9.60. The summed E-state index contributed by atoms with van der Waals surface area (Å²) >= 11 is 3.62. The molecular weight excluding hydrogens is 1430 g/mol. The summed E-state index contributed by atoms with van der Waals surface area (Å²) in [5.74, 6) is 6.51. The van der Waals surface area contributed by atoms with E-state index in [2.05, 4.69) is 208 Å². The maximum Gasteiger partial charge on any atom is 0.334 e. The predicted octanol–water partition coefficient (Wildman–Crippen LogP) is 22.6. The zero-order valence-corrected chi connectivity index (χ0v) is 75.2. The van der Waals surface area contributed by atoms with Gasteiger partial charge in [-0.05, 0) is 220 Å². The van der Waals surface area contributed by atoms with Crippen LogP contribution in [0.25, 0.3) is 0 Å². The Hall–Kier alpha value is -2.58. The van der Waals surface area contributed by atoms with Crippen molar-refractivity contribution in [1.82, 2.24) is 0 Å². The van der Waals surface area contributed by atoms with E-state index < -0.39 is 43.3 Å². The molecule has 0 aromatic heterocycles. The van der Waals surface area contributed by atoms with Crippen molar-refractivity contribution in [2.45, 2.75) is 362 Å². The molecule has 604 valence electrons. The van der Waals surface area contributed by atoms with E-state index >= 15 is 0 Å². The highest BCUT2D eigenvalue weighted by Crippen LogP contribution is 2.62. The monoisotopic (exact) mass is 1580 g/mol. The first-order valence-corrected chi connectivity index (χ1v) is 50.5. The second-order valence-corrected chi connectivity index (χ2v) is 51.8. The topological polar surface area (TPSA) is 159 Å². The Labute approximate surface area is 652 Å². The van der Waals surface area contributed by atoms with E-state index in [1.54, 1.807) is 5.57 Å². The van der Waals surface area contributed by atoms with Gasteiger partial charge in [0.15, 0.2) is 25.0 Å². The number of terminal acetylenes is 1. The van der Waals surface area contributed by atoms with Crippen LogP contribution in [0.15, 0.2) is 83.0 Å². The van der Waals surface area contributed by atoms with E-state index in [9.17, 15) is 19.8 Å². The van der Waals surface area contributed by atoms with Gasteiger partial charge in [-0.15, -0.1) is 18.9 Å². The number of unbranched alkanes of at least 4 members (excludes halogenated alkanes) is 2. The fourth-order valence-electron chi connectivity index (χ4n) is 17.6. The predicted molar refractivity (Wildman–Crippen MR) is 448 cm³/mol. The molecule has 3 N–H and O–H groups in total. The molecule has 0 amide bonds. The van der Waals surface area contributed by atoms with Crippen molar-refractivity contribution in [1.29, 1.82) is 0 Å². The number of esters is 2. The summed E-state index contributed by atoms with van der Waals surface area (Å²) in [6, 6.07) is 0. The molecule has 2 saturated heterocycles. The zero-order chi connectivity index (χ0) is 78.7. The number of hydrogen-bond acceptors (Lipinski definition) is 12. The average molecular weight is 1590 g/mol. The van der Waals surface area contributed by atoms with Gasteiger partial charge in [0, 0.05) is 62.3 Å². The number of rotatable bonds is 31. The summed E-state index contributed by atoms with van der Waals surface area (Å²) in [6.45, 7) is 70.0. The van der Waals surface area contributed by atoms with Crippen LogP contribution in [0.3, 0.4) is 0 Å². The maximum absolute atomic E-state index is 12.3. The Kier molecular flexibility index (Phi) is 39.0. The summed E-state index contributed by atoms with van der Waals surface area (Å²) in [5, 5.41) is 30.8. The minimum Gasteiger partial charge on any atom is -0.458 e. The van der Waals surface area contributed by atoms with Gasteiger partial charge in [-0.1, -0.05) is 208 Å². The van der Waals surface area contributed by atoms with Crippen LogP contribution in [0.2, 0.25) is 54.4 Å². The number of aliphatic hydroxyl groups is 3. The van der Waals surface area contributed by atoms with Crippen LogP contribution in [0.4, 0.5) is 4.70 Å². The average Bonchev–Trinajstić information content (AvgIpc) is 1.61. The normalized spacial score (nSPS) is 30.6. The van der Waals surface area contributed by atoms with Crippen molar-refractivity contribution in [2.75, 3.05) is 26.4 Å². The number of carbonyl (C=O) groups is 2. The van der Waals surface area contributed by atoms with Gasteiger partial charge >= 0.3 is 11.9 Å². The van der Waals surface area contributed by atoms with Gasteiger partial charge in [0.2, 0.25) is 0 Å². The Morgan fingerprint density at radius 3 is 1.58 bits per heavy atom. The molecule has 0 radical (unpaired) electrons. The fourth-order valence-corrected chi connectivity index (χ4v) is 21.8. The van der Waals surface area contributed by atoms with E-state index in [0.717, 1.165) is 88.0 Å². The SMILES string of the molecule is C#CC[C@@H](O[Si](C)(C)C(C)(C)C)[C@H](OCCCO[Si](C)(C)C(C)(C)C)[C@@H](C=C)O[Si](C)(C)C(C)(C)C.C=C1/C(=C\C=C2/CCC[C@]3(C)[C@@H]([C@H](C)C[C@@H]4OC(=O)C(=C)[C@H]4CCCC)CC[C@@H]23)C[C@@H](O)[C@H](OCCCO)[C@@H]1O.C=C1C(=O)O[C@@H](C[C@@H](C)[C@H]2CC[C@H]3/C(=C/Br)CCC[C@]23C)[C@@H]1CCCC.CC.F. The van der Waals surface area contributed by atoms with Crippen molar-refractivity contribution in [3.63, 3.8) is 0 Å². The van der Waals surface area contributed by atoms with Gasteiger partial charge in [0.1, 0.15) is 30.5 Å². The summed E-state index contributed by atoms with van der Waals surface area (Å²) < 4.78 is 43.9.